The fourth-order valence-corrected chi connectivity index (χ4v) is 4.32. The number of aromatic nitrogens is 3. The Morgan fingerprint density at radius 3 is 2.77 bits per heavy atom. The van der Waals surface area contributed by atoms with Crippen molar-refractivity contribution in [3.8, 4) is 22.9 Å². The van der Waals surface area contributed by atoms with Crippen molar-refractivity contribution >= 4 is 34.4 Å². The summed E-state index contributed by atoms with van der Waals surface area (Å²) in [6.07, 6.45) is 3.68. The van der Waals surface area contributed by atoms with E-state index in [1.807, 2.05) is 43.3 Å². The summed E-state index contributed by atoms with van der Waals surface area (Å²) in [7, 11) is 0. The van der Waals surface area contributed by atoms with E-state index in [1.165, 1.54) is 22.8 Å². The van der Waals surface area contributed by atoms with Gasteiger partial charge in [-0.15, -0.1) is 5.10 Å². The molecule has 2 aromatic heterocycles. The molecular formula is C23H17N3O4S. The smallest absolute Gasteiger partial charge is 0.308 e. The first-order valence-electron chi connectivity index (χ1n) is 9.66. The first-order valence-corrected chi connectivity index (χ1v) is 10.5. The molecule has 1 atom stereocenters. The van der Waals surface area contributed by atoms with Crippen molar-refractivity contribution in [2.45, 2.75) is 20.0 Å². The molecule has 0 fully saturated rings. The molecule has 31 heavy (non-hydrogen) atoms. The summed E-state index contributed by atoms with van der Waals surface area (Å²) in [5, 5.41) is 4.36. The molecule has 0 radical (unpaired) electrons. The maximum Gasteiger partial charge on any atom is 0.308 e. The van der Waals surface area contributed by atoms with Crippen LogP contribution >= 0.6 is 11.3 Å². The van der Waals surface area contributed by atoms with Crippen LogP contribution in [0.3, 0.4) is 0 Å². The maximum absolute atomic E-state index is 12.9. The summed E-state index contributed by atoms with van der Waals surface area (Å²) < 4.78 is 13.0. The molecule has 0 amide bonds. The van der Waals surface area contributed by atoms with E-state index in [1.54, 1.807) is 24.3 Å². The second-order valence-corrected chi connectivity index (χ2v) is 8.09. The molecule has 0 N–H and O–H groups in total. The summed E-state index contributed by atoms with van der Waals surface area (Å²) in [5.41, 5.74) is 2.17. The van der Waals surface area contributed by atoms with Crippen LogP contribution in [0.5, 0.6) is 11.5 Å². The van der Waals surface area contributed by atoms with Crippen LogP contribution in [0.1, 0.15) is 19.4 Å². The molecule has 0 saturated carbocycles. The van der Waals surface area contributed by atoms with Crippen LogP contribution in [0.2, 0.25) is 0 Å². The zero-order valence-corrected chi connectivity index (χ0v) is 17.6. The van der Waals surface area contributed by atoms with E-state index in [-0.39, 0.29) is 11.7 Å². The van der Waals surface area contributed by atoms with Gasteiger partial charge in [0.2, 0.25) is 4.96 Å². The largest absolute Gasteiger partial charge is 0.485 e. The number of hydrogen-bond donors (Lipinski definition) is 0. The molecule has 5 rings (SSSR count). The highest BCUT2D eigenvalue weighted by atomic mass is 32.1. The lowest BCUT2D eigenvalue weighted by Crippen LogP contribution is -2.26. The van der Waals surface area contributed by atoms with Crippen molar-refractivity contribution in [3.05, 3.63) is 74.6 Å². The van der Waals surface area contributed by atoms with Gasteiger partial charge in [-0.2, -0.15) is 9.50 Å². The lowest BCUT2D eigenvalue weighted by Gasteiger charge is -2.22. The fourth-order valence-electron chi connectivity index (χ4n) is 3.42. The van der Waals surface area contributed by atoms with Crippen LogP contribution in [0.25, 0.3) is 28.5 Å². The van der Waals surface area contributed by atoms with Gasteiger partial charge < -0.3 is 9.47 Å². The maximum atomic E-state index is 12.9. The van der Waals surface area contributed by atoms with Crippen LogP contribution in [0, 0.1) is 0 Å². The van der Waals surface area contributed by atoms with Gasteiger partial charge in [0.15, 0.2) is 5.82 Å². The highest BCUT2D eigenvalue weighted by molar-refractivity contribution is 7.15. The third-order valence-corrected chi connectivity index (χ3v) is 5.83. The number of thiazole rings is 1. The van der Waals surface area contributed by atoms with E-state index >= 15 is 0 Å². The van der Waals surface area contributed by atoms with Crippen LogP contribution in [0.15, 0.2) is 58.9 Å². The van der Waals surface area contributed by atoms with Gasteiger partial charge in [0, 0.05) is 12.5 Å². The zero-order chi connectivity index (χ0) is 21.5. The molecule has 0 bridgehead atoms. The number of benzene rings is 2. The number of fused-ring (bicyclic) bond motifs is 2. The van der Waals surface area contributed by atoms with E-state index in [0.717, 1.165) is 16.9 Å². The Hall–Kier alpha value is -3.78. The highest BCUT2D eigenvalue weighted by Gasteiger charge is 2.19. The Morgan fingerprint density at radius 1 is 1.19 bits per heavy atom. The average molecular weight is 431 g/mol. The van der Waals surface area contributed by atoms with E-state index in [4.69, 9.17) is 9.47 Å². The summed E-state index contributed by atoms with van der Waals surface area (Å²) in [6.45, 7) is 3.28. The van der Waals surface area contributed by atoms with Crippen LogP contribution < -0.4 is 19.6 Å². The lowest BCUT2D eigenvalue weighted by atomic mass is 10.0. The fraction of sp³-hybridized carbons (Fsp3) is 0.130. The van der Waals surface area contributed by atoms with Crippen molar-refractivity contribution in [3.63, 3.8) is 0 Å². The molecule has 7 nitrogen and oxygen atoms in total. The quantitative estimate of drug-likeness (QED) is 0.366. The molecule has 154 valence electrons. The number of ether oxygens (including phenoxy) is 2. The van der Waals surface area contributed by atoms with Crippen molar-refractivity contribution < 1.29 is 14.3 Å². The van der Waals surface area contributed by atoms with Gasteiger partial charge in [0.05, 0.1) is 10.1 Å². The molecular weight excluding hydrogens is 414 g/mol. The molecule has 0 aliphatic carbocycles. The summed E-state index contributed by atoms with van der Waals surface area (Å²) >= 11 is 1.25. The van der Waals surface area contributed by atoms with Crippen molar-refractivity contribution in [1.29, 1.82) is 0 Å². The second-order valence-electron chi connectivity index (χ2n) is 7.08. The lowest BCUT2D eigenvalue weighted by molar-refractivity contribution is -0.131. The molecule has 4 aromatic rings. The standard InChI is InChI=1S/C23H17N3O4S/c1-13-16(11-15-7-3-5-9-18(15)29-13)12-20-22(28)26-23(31-20)24-21(25-26)17-8-4-6-10-19(17)30-14(2)27/h3-13H,1-2H3/b20-12-. The summed E-state index contributed by atoms with van der Waals surface area (Å²) in [4.78, 5) is 29.3. The monoisotopic (exact) mass is 431 g/mol. The van der Waals surface area contributed by atoms with E-state index in [2.05, 4.69) is 10.1 Å². The predicted octanol–water partition coefficient (Wildman–Crippen LogP) is 3.11. The van der Waals surface area contributed by atoms with Gasteiger partial charge >= 0.3 is 5.97 Å². The van der Waals surface area contributed by atoms with Gasteiger partial charge in [0.1, 0.15) is 17.6 Å². The minimum absolute atomic E-state index is 0.178. The summed E-state index contributed by atoms with van der Waals surface area (Å²) in [5.74, 6) is 1.07. The van der Waals surface area contributed by atoms with Gasteiger partial charge in [-0.05, 0) is 42.8 Å². The number of esters is 1. The number of carbonyl (C=O) groups excluding carboxylic acids is 1. The molecule has 2 aromatic carbocycles. The van der Waals surface area contributed by atoms with Gasteiger partial charge in [-0.25, -0.2) is 0 Å². The Balaban J connectivity index is 1.57. The Bertz CT molecular complexity index is 1470. The van der Waals surface area contributed by atoms with E-state index in [0.29, 0.717) is 26.6 Å². The number of hydrogen-bond acceptors (Lipinski definition) is 7. The average Bonchev–Trinajstić information content (AvgIpc) is 3.28. The molecule has 0 saturated heterocycles. The van der Waals surface area contributed by atoms with Crippen molar-refractivity contribution in [2.24, 2.45) is 0 Å². The van der Waals surface area contributed by atoms with Gasteiger partial charge in [-0.1, -0.05) is 41.7 Å². The topological polar surface area (TPSA) is 82.8 Å². The zero-order valence-electron chi connectivity index (χ0n) is 16.7. The van der Waals surface area contributed by atoms with Crippen LogP contribution in [-0.2, 0) is 4.79 Å². The van der Waals surface area contributed by atoms with E-state index < -0.39 is 5.97 Å². The molecule has 8 heteroatoms. The molecule has 1 unspecified atom stereocenters. The Morgan fingerprint density at radius 2 is 1.97 bits per heavy atom. The second kappa shape index (κ2) is 7.48. The predicted molar refractivity (Wildman–Crippen MR) is 118 cm³/mol. The van der Waals surface area contributed by atoms with Gasteiger partial charge in [0.25, 0.3) is 5.56 Å². The van der Waals surface area contributed by atoms with Crippen LogP contribution in [-0.4, -0.2) is 26.7 Å². The SMILES string of the molecule is CC(=O)Oc1ccccc1-c1nc2s/c(=C\C3=Cc4ccccc4OC3C)c(=O)n2n1. The van der Waals surface area contributed by atoms with Crippen LogP contribution in [0.4, 0.5) is 0 Å². The summed E-state index contributed by atoms with van der Waals surface area (Å²) in [6, 6.07) is 14.7. The first kappa shape index (κ1) is 19.2. The molecule has 1 aliphatic rings. The molecule has 1 aliphatic heterocycles. The minimum atomic E-state index is -0.437. The normalized spacial score (nSPS) is 16.0. The number of carbonyl (C=O) groups is 1. The molecule has 3 heterocycles. The van der Waals surface area contributed by atoms with Crippen molar-refractivity contribution in [2.75, 3.05) is 0 Å². The third-order valence-electron chi connectivity index (χ3n) is 4.88. The molecule has 0 spiro atoms. The first-order chi connectivity index (χ1) is 15.0. The van der Waals surface area contributed by atoms with E-state index in [9.17, 15) is 9.59 Å². The highest BCUT2D eigenvalue weighted by Crippen LogP contribution is 2.30. The number of nitrogens with zero attached hydrogens (tertiary/aromatic N) is 3. The Kier molecular flexibility index (Phi) is 4.63. The van der Waals surface area contributed by atoms with Crippen molar-refractivity contribution in [1.82, 2.24) is 14.6 Å². The third kappa shape index (κ3) is 3.51. The Labute approximate surface area is 180 Å². The number of para-hydroxylation sites is 2. The minimum Gasteiger partial charge on any atom is -0.485 e. The number of rotatable bonds is 3. The van der Waals surface area contributed by atoms with Gasteiger partial charge in [-0.3, -0.25) is 9.59 Å².